The maximum atomic E-state index is 5.37. The fraction of sp³-hybridized carbons (Fsp3) is 0. The van der Waals surface area contributed by atoms with Gasteiger partial charge < -0.3 is 0 Å². The Morgan fingerprint density at radius 3 is 1.72 bits per heavy atom. The van der Waals surface area contributed by atoms with E-state index in [1.165, 1.54) is 16.5 Å². The second-order valence-electron chi connectivity index (χ2n) is 13.3. The first-order chi connectivity index (χ1) is 26.3. The van der Waals surface area contributed by atoms with Gasteiger partial charge in [0.05, 0.1) is 28.1 Å². The van der Waals surface area contributed by atoms with Crippen LogP contribution in [0.25, 0.3) is 94.3 Å². The van der Waals surface area contributed by atoms with Crippen LogP contribution in [-0.2, 0) is 0 Å². The van der Waals surface area contributed by atoms with E-state index in [9.17, 15) is 0 Å². The van der Waals surface area contributed by atoms with E-state index in [0.717, 1.165) is 77.8 Å². The first kappa shape index (κ1) is 30.6. The van der Waals surface area contributed by atoms with Crippen LogP contribution in [0.2, 0.25) is 0 Å². The van der Waals surface area contributed by atoms with Crippen molar-refractivity contribution in [3.05, 3.63) is 194 Å². The molecule has 3 heterocycles. The van der Waals surface area contributed by atoms with Gasteiger partial charge in [0.2, 0.25) is 0 Å². The van der Waals surface area contributed by atoms with Crippen LogP contribution in [0.1, 0.15) is 0 Å². The zero-order chi connectivity index (χ0) is 35.1. The van der Waals surface area contributed by atoms with Gasteiger partial charge in [0.15, 0.2) is 0 Å². The molecule has 0 aliphatic carbocycles. The lowest BCUT2D eigenvalue weighted by atomic mass is 9.92. The predicted octanol–water partition coefficient (Wildman–Crippen LogP) is 12.5. The molecular formula is C49H32N4. The minimum absolute atomic E-state index is 0.871. The highest BCUT2D eigenvalue weighted by molar-refractivity contribution is 6.18. The van der Waals surface area contributed by atoms with Crippen molar-refractivity contribution in [3.8, 4) is 61.7 Å². The summed E-state index contributed by atoms with van der Waals surface area (Å²) in [5.74, 6) is 0. The van der Waals surface area contributed by atoms with Crippen molar-refractivity contribution in [2.75, 3.05) is 0 Å². The highest BCUT2D eigenvalue weighted by Gasteiger charge is 2.21. The van der Waals surface area contributed by atoms with Crippen LogP contribution in [0.3, 0.4) is 0 Å². The van der Waals surface area contributed by atoms with Crippen LogP contribution >= 0.6 is 0 Å². The van der Waals surface area contributed by atoms with Gasteiger partial charge in [-0.2, -0.15) is 5.10 Å². The molecule has 4 nitrogen and oxygen atoms in total. The van der Waals surface area contributed by atoms with Gasteiger partial charge >= 0.3 is 0 Å². The molecule has 0 bridgehead atoms. The number of hydrogen-bond acceptors (Lipinski definition) is 3. The van der Waals surface area contributed by atoms with Gasteiger partial charge in [-0.25, -0.2) is 9.67 Å². The summed E-state index contributed by atoms with van der Waals surface area (Å²) in [7, 11) is 0. The molecule has 0 aliphatic heterocycles. The van der Waals surface area contributed by atoms with Gasteiger partial charge in [-0.3, -0.25) is 4.98 Å². The zero-order valence-corrected chi connectivity index (χ0v) is 28.8. The van der Waals surface area contributed by atoms with Crippen molar-refractivity contribution in [2.24, 2.45) is 0 Å². The van der Waals surface area contributed by atoms with E-state index in [0.29, 0.717) is 0 Å². The molecule has 0 aliphatic rings. The van der Waals surface area contributed by atoms with Crippen molar-refractivity contribution < 1.29 is 0 Å². The minimum atomic E-state index is 0.871. The van der Waals surface area contributed by atoms with Gasteiger partial charge in [0.1, 0.15) is 5.69 Å². The molecular weight excluding hydrogens is 645 g/mol. The molecule has 3 aromatic heterocycles. The van der Waals surface area contributed by atoms with Crippen molar-refractivity contribution in [1.82, 2.24) is 19.7 Å². The predicted molar refractivity (Wildman–Crippen MR) is 219 cm³/mol. The first-order valence-electron chi connectivity index (χ1n) is 17.9. The molecule has 0 N–H and O–H groups in total. The summed E-state index contributed by atoms with van der Waals surface area (Å²) < 4.78 is 2.13. The van der Waals surface area contributed by atoms with Crippen LogP contribution in [0, 0.1) is 0 Å². The van der Waals surface area contributed by atoms with Gasteiger partial charge in [0.25, 0.3) is 0 Å². The van der Waals surface area contributed by atoms with Crippen LogP contribution in [-0.4, -0.2) is 19.7 Å². The second-order valence-corrected chi connectivity index (χ2v) is 13.3. The van der Waals surface area contributed by atoms with Crippen molar-refractivity contribution in [1.29, 1.82) is 0 Å². The highest BCUT2D eigenvalue weighted by atomic mass is 15.3. The molecule has 4 heteroatoms. The first-order valence-corrected chi connectivity index (χ1v) is 17.9. The molecule has 53 heavy (non-hydrogen) atoms. The number of para-hydroxylation sites is 1. The molecule has 0 saturated heterocycles. The van der Waals surface area contributed by atoms with Crippen LogP contribution < -0.4 is 0 Å². The summed E-state index contributed by atoms with van der Waals surface area (Å²) in [6.07, 6.45) is 1.80. The number of benzene rings is 7. The average Bonchev–Trinajstić information content (AvgIpc) is 3.65. The molecule has 0 radical (unpaired) electrons. The van der Waals surface area contributed by atoms with Gasteiger partial charge in [0, 0.05) is 27.9 Å². The van der Waals surface area contributed by atoms with E-state index in [1.807, 2.05) is 24.3 Å². The molecule has 0 spiro atoms. The normalized spacial score (nSPS) is 11.4. The molecule has 0 atom stereocenters. The molecule has 0 saturated carbocycles. The lowest BCUT2D eigenvalue weighted by Crippen LogP contribution is -1.97. The molecule has 10 aromatic rings. The molecule has 0 unspecified atom stereocenters. The number of hydrogen-bond donors (Lipinski definition) is 0. The number of aromatic nitrogens is 4. The summed E-state index contributed by atoms with van der Waals surface area (Å²) in [4.78, 5) is 9.45. The topological polar surface area (TPSA) is 43.6 Å². The number of fused-ring (bicyclic) bond motifs is 4. The summed E-state index contributed by atoms with van der Waals surface area (Å²) in [6, 6.07) is 66.2. The van der Waals surface area contributed by atoms with E-state index in [2.05, 4.69) is 173 Å². The van der Waals surface area contributed by atoms with Crippen LogP contribution in [0.5, 0.6) is 0 Å². The molecule has 7 aromatic carbocycles. The smallest absolute Gasteiger partial charge is 0.101 e. The Morgan fingerprint density at radius 2 is 1.02 bits per heavy atom. The Labute approximate surface area is 307 Å². The number of nitrogens with zero attached hydrogens (tertiary/aromatic N) is 4. The Balaban J connectivity index is 1.12. The van der Waals surface area contributed by atoms with Gasteiger partial charge in [-0.15, -0.1) is 0 Å². The summed E-state index contributed by atoms with van der Waals surface area (Å²) >= 11 is 0. The monoisotopic (exact) mass is 676 g/mol. The third-order valence-electron chi connectivity index (χ3n) is 10.1. The van der Waals surface area contributed by atoms with E-state index >= 15 is 0 Å². The lowest BCUT2D eigenvalue weighted by Gasteiger charge is -2.13. The summed E-state index contributed by atoms with van der Waals surface area (Å²) in [5, 5.41) is 9.94. The SMILES string of the molecule is c1ccc(-c2cc3ccc(-c4ccc(-c5ccc6ccc(-c7ccccn7)nc6c5)cc4)cc3c3c2c(-c2ccccc2)nn3-c2ccccc2)cc1. The van der Waals surface area contributed by atoms with Crippen LogP contribution in [0.4, 0.5) is 0 Å². The summed E-state index contributed by atoms with van der Waals surface area (Å²) in [5.41, 5.74) is 13.8. The van der Waals surface area contributed by atoms with Crippen molar-refractivity contribution in [3.63, 3.8) is 0 Å². The van der Waals surface area contributed by atoms with Crippen molar-refractivity contribution in [2.45, 2.75) is 0 Å². The van der Waals surface area contributed by atoms with Gasteiger partial charge in [-0.05, 0) is 87.3 Å². The fourth-order valence-electron chi connectivity index (χ4n) is 7.42. The molecule has 0 fully saturated rings. The second kappa shape index (κ2) is 12.9. The average molecular weight is 677 g/mol. The quantitative estimate of drug-likeness (QED) is 0.176. The molecule has 10 rings (SSSR count). The van der Waals surface area contributed by atoms with E-state index in [-0.39, 0.29) is 0 Å². The number of pyridine rings is 2. The van der Waals surface area contributed by atoms with E-state index in [1.54, 1.807) is 6.20 Å². The Bertz CT molecular complexity index is 2900. The summed E-state index contributed by atoms with van der Waals surface area (Å²) in [6.45, 7) is 0. The van der Waals surface area contributed by atoms with Crippen molar-refractivity contribution >= 4 is 32.6 Å². The Kier molecular flexibility index (Phi) is 7.43. The third-order valence-corrected chi connectivity index (χ3v) is 10.1. The molecule has 248 valence electrons. The minimum Gasteiger partial charge on any atom is -0.255 e. The highest BCUT2D eigenvalue weighted by Crippen LogP contribution is 2.42. The Hall–Kier alpha value is -7.17. The fourth-order valence-corrected chi connectivity index (χ4v) is 7.42. The van der Waals surface area contributed by atoms with Crippen LogP contribution in [0.15, 0.2) is 194 Å². The number of rotatable bonds is 6. The zero-order valence-electron chi connectivity index (χ0n) is 28.8. The largest absolute Gasteiger partial charge is 0.255 e. The van der Waals surface area contributed by atoms with E-state index in [4.69, 9.17) is 10.1 Å². The Morgan fingerprint density at radius 1 is 0.415 bits per heavy atom. The molecule has 0 amide bonds. The maximum Gasteiger partial charge on any atom is 0.101 e. The van der Waals surface area contributed by atoms with Gasteiger partial charge in [-0.1, -0.05) is 140 Å². The maximum absolute atomic E-state index is 5.37. The lowest BCUT2D eigenvalue weighted by molar-refractivity contribution is 0.918. The standard InChI is InChI=1S/C49H32N4/c1-4-12-35(13-5-1)42-31-40-26-25-38(30-43(40)49-47(42)48(37-14-6-2-7-15-37)52-53(49)41-16-8-3-9-17-41)33-19-21-34(22-20-33)39-24-23-36-27-28-45(51-46(36)32-39)44-18-10-11-29-50-44/h1-32H. The van der Waals surface area contributed by atoms with E-state index < -0.39 is 0 Å². The third kappa shape index (κ3) is 5.54.